The van der Waals surface area contributed by atoms with Gasteiger partial charge >= 0.3 is 5.97 Å². The van der Waals surface area contributed by atoms with Crippen molar-refractivity contribution < 1.29 is 14.7 Å². The summed E-state index contributed by atoms with van der Waals surface area (Å²) in [5.41, 5.74) is 4.51. The fourth-order valence-corrected chi connectivity index (χ4v) is 2.06. The maximum Gasteiger partial charge on any atom is 0.329 e. The molecule has 4 N–H and O–H groups in total. The van der Waals surface area contributed by atoms with Crippen LogP contribution in [-0.4, -0.2) is 28.6 Å². The van der Waals surface area contributed by atoms with Crippen LogP contribution in [-0.2, 0) is 9.59 Å². The molecule has 1 unspecified atom stereocenters. The Hall–Kier alpha value is -1.10. The van der Waals surface area contributed by atoms with Gasteiger partial charge in [0.25, 0.3) is 0 Å². The van der Waals surface area contributed by atoms with Gasteiger partial charge in [-0.2, -0.15) is 0 Å². The highest BCUT2D eigenvalue weighted by molar-refractivity contribution is 5.89. The predicted octanol–water partition coefficient (Wildman–Crippen LogP) is 0.627. The molecule has 0 heterocycles. The van der Waals surface area contributed by atoms with Crippen LogP contribution in [0.1, 0.15) is 45.4 Å². The van der Waals surface area contributed by atoms with Crippen LogP contribution in [0.2, 0.25) is 0 Å². The zero-order chi connectivity index (χ0) is 12.2. The molecular formula is C11H20N2O3. The van der Waals surface area contributed by atoms with Crippen LogP contribution < -0.4 is 11.1 Å². The molecule has 5 heteroatoms. The topological polar surface area (TPSA) is 92.4 Å². The van der Waals surface area contributed by atoms with Gasteiger partial charge in [-0.15, -0.1) is 0 Å². The summed E-state index contributed by atoms with van der Waals surface area (Å²) in [4.78, 5) is 22.9. The van der Waals surface area contributed by atoms with Gasteiger partial charge in [0.1, 0.15) is 5.54 Å². The number of nitrogens with one attached hydrogen (secondary N) is 1. The normalized spacial score (nSPS) is 21.1. The van der Waals surface area contributed by atoms with Crippen LogP contribution in [0.5, 0.6) is 0 Å². The molecule has 1 fully saturated rings. The largest absolute Gasteiger partial charge is 0.480 e. The van der Waals surface area contributed by atoms with E-state index >= 15 is 0 Å². The van der Waals surface area contributed by atoms with Crippen LogP contribution in [0.15, 0.2) is 0 Å². The van der Waals surface area contributed by atoms with Crippen molar-refractivity contribution in [2.24, 2.45) is 5.73 Å². The van der Waals surface area contributed by atoms with E-state index in [0.29, 0.717) is 19.3 Å². The number of rotatable bonds is 4. The van der Waals surface area contributed by atoms with E-state index in [0.717, 1.165) is 19.3 Å². The van der Waals surface area contributed by atoms with Gasteiger partial charge in [-0.1, -0.05) is 26.2 Å². The van der Waals surface area contributed by atoms with Crippen molar-refractivity contribution >= 4 is 11.9 Å². The number of aliphatic carboxylic acids is 1. The molecule has 0 aromatic heterocycles. The lowest BCUT2D eigenvalue weighted by Crippen LogP contribution is -2.58. The number of hydrogen-bond acceptors (Lipinski definition) is 3. The molecule has 0 spiro atoms. The molecule has 1 rings (SSSR count). The molecule has 1 aliphatic carbocycles. The first kappa shape index (κ1) is 13.0. The standard InChI is InChI=1S/C11H20N2O3/c1-2-8(12)9(14)13-11(10(15)16)6-4-3-5-7-11/h8H,2-7,12H2,1H3,(H,13,14)(H,15,16). The molecule has 5 nitrogen and oxygen atoms in total. The highest BCUT2D eigenvalue weighted by Gasteiger charge is 2.41. The fourth-order valence-electron chi connectivity index (χ4n) is 2.06. The summed E-state index contributed by atoms with van der Waals surface area (Å²) in [6.07, 6.45) is 4.24. The lowest BCUT2D eigenvalue weighted by Gasteiger charge is -2.34. The molecule has 0 aliphatic heterocycles. The van der Waals surface area contributed by atoms with E-state index in [4.69, 9.17) is 5.73 Å². The summed E-state index contributed by atoms with van der Waals surface area (Å²) in [5, 5.41) is 11.9. The molecule has 0 bridgehead atoms. The molecule has 16 heavy (non-hydrogen) atoms. The average molecular weight is 228 g/mol. The zero-order valence-electron chi connectivity index (χ0n) is 9.66. The van der Waals surface area contributed by atoms with Gasteiger partial charge in [-0.3, -0.25) is 4.79 Å². The first-order valence-corrected chi connectivity index (χ1v) is 5.83. The maximum atomic E-state index is 11.7. The minimum Gasteiger partial charge on any atom is -0.480 e. The van der Waals surface area contributed by atoms with Crippen LogP contribution in [0.3, 0.4) is 0 Å². The van der Waals surface area contributed by atoms with Crippen LogP contribution >= 0.6 is 0 Å². The summed E-state index contributed by atoms with van der Waals surface area (Å²) < 4.78 is 0. The summed E-state index contributed by atoms with van der Waals surface area (Å²) >= 11 is 0. The van der Waals surface area contributed by atoms with Gasteiger partial charge in [-0.25, -0.2) is 4.79 Å². The van der Waals surface area contributed by atoms with Gasteiger partial charge < -0.3 is 16.2 Å². The molecule has 1 amide bonds. The Morgan fingerprint density at radius 1 is 1.38 bits per heavy atom. The van der Waals surface area contributed by atoms with Crippen molar-refractivity contribution in [1.29, 1.82) is 0 Å². The molecule has 0 saturated heterocycles. The highest BCUT2D eigenvalue weighted by Crippen LogP contribution is 2.28. The second-order valence-electron chi connectivity index (χ2n) is 4.45. The monoisotopic (exact) mass is 228 g/mol. The molecule has 92 valence electrons. The Labute approximate surface area is 95.4 Å². The van der Waals surface area contributed by atoms with Crippen LogP contribution in [0.4, 0.5) is 0 Å². The Kier molecular flexibility index (Phi) is 4.29. The minimum absolute atomic E-state index is 0.355. The second kappa shape index (κ2) is 5.30. The van der Waals surface area contributed by atoms with Crippen LogP contribution in [0.25, 0.3) is 0 Å². The maximum absolute atomic E-state index is 11.7. The summed E-state index contributed by atoms with van der Waals surface area (Å²) in [5.74, 6) is -1.30. The SMILES string of the molecule is CCC(N)C(=O)NC1(C(=O)O)CCCCC1. The zero-order valence-corrected chi connectivity index (χ0v) is 9.66. The third kappa shape index (κ3) is 2.72. The molecule has 1 aliphatic rings. The number of carbonyl (C=O) groups is 2. The smallest absolute Gasteiger partial charge is 0.329 e. The Balaban J connectivity index is 2.71. The van der Waals surface area contributed by atoms with E-state index in [1.165, 1.54) is 0 Å². The second-order valence-corrected chi connectivity index (χ2v) is 4.45. The van der Waals surface area contributed by atoms with Gasteiger partial charge in [0.05, 0.1) is 6.04 Å². The molecule has 1 atom stereocenters. The number of amides is 1. The van der Waals surface area contributed by atoms with E-state index in [9.17, 15) is 14.7 Å². The molecule has 0 aromatic carbocycles. The third-order valence-electron chi connectivity index (χ3n) is 3.26. The van der Waals surface area contributed by atoms with Gasteiger partial charge in [0, 0.05) is 0 Å². The van der Waals surface area contributed by atoms with E-state index in [1.54, 1.807) is 6.92 Å². The van der Waals surface area contributed by atoms with Gasteiger partial charge in [0.15, 0.2) is 0 Å². The number of carboxylic acid groups (broad SMARTS) is 1. The predicted molar refractivity (Wildman–Crippen MR) is 59.9 cm³/mol. The molecular weight excluding hydrogens is 208 g/mol. The summed E-state index contributed by atoms with van der Waals surface area (Å²) in [6.45, 7) is 1.80. The van der Waals surface area contributed by atoms with Gasteiger partial charge in [-0.05, 0) is 19.3 Å². The third-order valence-corrected chi connectivity index (χ3v) is 3.26. The first-order valence-electron chi connectivity index (χ1n) is 5.83. The van der Waals surface area contributed by atoms with Crippen molar-refractivity contribution in [1.82, 2.24) is 5.32 Å². The Morgan fingerprint density at radius 3 is 2.38 bits per heavy atom. The molecule has 1 saturated carbocycles. The van der Waals surface area contributed by atoms with E-state index in [-0.39, 0.29) is 5.91 Å². The fraction of sp³-hybridized carbons (Fsp3) is 0.818. The van der Waals surface area contributed by atoms with Crippen molar-refractivity contribution in [3.05, 3.63) is 0 Å². The number of carboxylic acids is 1. The molecule has 0 aromatic rings. The molecule has 0 radical (unpaired) electrons. The summed E-state index contributed by atoms with van der Waals surface area (Å²) in [7, 11) is 0. The Bertz CT molecular complexity index is 272. The minimum atomic E-state index is -1.08. The van der Waals surface area contributed by atoms with Crippen LogP contribution in [0, 0.1) is 0 Å². The van der Waals surface area contributed by atoms with Crippen molar-refractivity contribution in [2.75, 3.05) is 0 Å². The van der Waals surface area contributed by atoms with Gasteiger partial charge in [0.2, 0.25) is 5.91 Å². The highest BCUT2D eigenvalue weighted by atomic mass is 16.4. The average Bonchev–Trinajstić information content (AvgIpc) is 2.28. The van der Waals surface area contributed by atoms with Crippen molar-refractivity contribution in [3.63, 3.8) is 0 Å². The van der Waals surface area contributed by atoms with E-state index in [1.807, 2.05) is 0 Å². The van der Waals surface area contributed by atoms with Crippen molar-refractivity contribution in [3.8, 4) is 0 Å². The lowest BCUT2D eigenvalue weighted by molar-refractivity contribution is -0.149. The first-order chi connectivity index (χ1) is 7.52. The van der Waals surface area contributed by atoms with E-state index < -0.39 is 17.6 Å². The quantitative estimate of drug-likeness (QED) is 0.658. The number of carbonyl (C=O) groups excluding carboxylic acids is 1. The lowest BCUT2D eigenvalue weighted by atomic mass is 9.81. The summed E-state index contributed by atoms with van der Waals surface area (Å²) in [6, 6.07) is -0.613. The van der Waals surface area contributed by atoms with Crippen molar-refractivity contribution in [2.45, 2.75) is 57.0 Å². The number of hydrogen-bond donors (Lipinski definition) is 3. The van der Waals surface area contributed by atoms with E-state index in [2.05, 4.69) is 5.32 Å². The Morgan fingerprint density at radius 2 is 1.94 bits per heavy atom. The number of nitrogens with two attached hydrogens (primary N) is 1.